The van der Waals surface area contributed by atoms with Crippen molar-refractivity contribution < 1.29 is 4.74 Å². The number of aryl methyl sites for hydroxylation is 1. The van der Waals surface area contributed by atoms with Gasteiger partial charge in [0, 0.05) is 0 Å². The van der Waals surface area contributed by atoms with E-state index >= 15 is 0 Å². The lowest BCUT2D eigenvalue weighted by molar-refractivity contribution is 0.290. The van der Waals surface area contributed by atoms with Crippen molar-refractivity contribution in [2.45, 2.75) is 12.8 Å². The third kappa shape index (κ3) is 1.64. The van der Waals surface area contributed by atoms with Crippen molar-refractivity contribution in [3.63, 3.8) is 0 Å². The van der Waals surface area contributed by atoms with Gasteiger partial charge in [-0.1, -0.05) is 12.1 Å². The number of anilines is 1. The summed E-state index contributed by atoms with van der Waals surface area (Å²) < 4.78 is 5.58. The maximum atomic E-state index is 8.48. The fourth-order valence-corrected chi connectivity index (χ4v) is 1.66. The zero-order valence-corrected chi connectivity index (χ0v) is 7.92. The first kappa shape index (κ1) is 8.89. The quantitative estimate of drug-likeness (QED) is 0.721. The third-order valence-corrected chi connectivity index (χ3v) is 2.29. The first-order valence-electron chi connectivity index (χ1n) is 4.77. The monoisotopic (exact) mass is 188 g/mol. The molecule has 1 aliphatic rings. The van der Waals surface area contributed by atoms with E-state index in [-0.39, 0.29) is 0 Å². The molecule has 72 valence electrons. The number of benzene rings is 1. The summed E-state index contributed by atoms with van der Waals surface area (Å²) in [6.45, 7) is 1.10. The molecule has 1 aromatic carbocycles. The second-order valence-electron chi connectivity index (χ2n) is 3.26. The summed E-state index contributed by atoms with van der Waals surface area (Å²) in [6.07, 6.45) is 2.14. The van der Waals surface area contributed by atoms with Gasteiger partial charge in [0.05, 0.1) is 18.4 Å². The predicted molar refractivity (Wildman–Crippen MR) is 54.4 cm³/mol. The van der Waals surface area contributed by atoms with Crippen LogP contribution in [0.15, 0.2) is 18.2 Å². The Morgan fingerprint density at radius 3 is 3.29 bits per heavy atom. The van der Waals surface area contributed by atoms with E-state index in [2.05, 4.69) is 17.5 Å². The maximum absolute atomic E-state index is 8.48. The SMILES string of the molecule is N#CCNc1cccc2c1OCCC2. The van der Waals surface area contributed by atoms with Gasteiger partial charge in [0.15, 0.2) is 0 Å². The van der Waals surface area contributed by atoms with Crippen LogP contribution in [0.1, 0.15) is 12.0 Å². The molecule has 0 fully saturated rings. The molecule has 3 heteroatoms. The Balaban J connectivity index is 2.27. The average molecular weight is 188 g/mol. The van der Waals surface area contributed by atoms with Crippen molar-refractivity contribution in [2.24, 2.45) is 0 Å². The minimum Gasteiger partial charge on any atom is -0.491 e. The van der Waals surface area contributed by atoms with Crippen molar-refractivity contribution in [1.29, 1.82) is 5.26 Å². The summed E-state index contributed by atoms with van der Waals surface area (Å²) in [6, 6.07) is 8.07. The van der Waals surface area contributed by atoms with Gasteiger partial charge in [-0.05, 0) is 24.5 Å². The maximum Gasteiger partial charge on any atom is 0.145 e. The smallest absolute Gasteiger partial charge is 0.145 e. The third-order valence-electron chi connectivity index (χ3n) is 2.29. The lowest BCUT2D eigenvalue weighted by atomic mass is 10.1. The molecule has 0 aromatic heterocycles. The van der Waals surface area contributed by atoms with Crippen LogP contribution in [0, 0.1) is 11.3 Å². The molecule has 0 amide bonds. The molecule has 3 nitrogen and oxygen atoms in total. The van der Waals surface area contributed by atoms with E-state index in [1.54, 1.807) is 0 Å². The van der Waals surface area contributed by atoms with Crippen LogP contribution in [-0.4, -0.2) is 13.2 Å². The van der Waals surface area contributed by atoms with Crippen LogP contribution >= 0.6 is 0 Å². The van der Waals surface area contributed by atoms with Crippen molar-refractivity contribution in [3.05, 3.63) is 23.8 Å². The molecule has 1 aliphatic heterocycles. The molecule has 0 radical (unpaired) electrons. The topological polar surface area (TPSA) is 45.0 Å². The van der Waals surface area contributed by atoms with E-state index in [0.29, 0.717) is 6.54 Å². The van der Waals surface area contributed by atoms with Crippen LogP contribution in [0.3, 0.4) is 0 Å². The van der Waals surface area contributed by atoms with Gasteiger partial charge in [0.2, 0.25) is 0 Å². The Labute approximate surface area is 83.3 Å². The van der Waals surface area contributed by atoms with Crippen molar-refractivity contribution in [3.8, 4) is 11.8 Å². The molecule has 14 heavy (non-hydrogen) atoms. The fraction of sp³-hybridized carbons (Fsp3) is 0.364. The average Bonchev–Trinajstić information content (AvgIpc) is 2.26. The van der Waals surface area contributed by atoms with Crippen LogP contribution in [0.25, 0.3) is 0 Å². The van der Waals surface area contributed by atoms with Gasteiger partial charge in [-0.2, -0.15) is 5.26 Å². The van der Waals surface area contributed by atoms with Crippen LogP contribution < -0.4 is 10.1 Å². The summed E-state index contributed by atoms with van der Waals surface area (Å²) >= 11 is 0. The van der Waals surface area contributed by atoms with E-state index in [4.69, 9.17) is 10.00 Å². The number of nitrogens with one attached hydrogen (secondary N) is 1. The summed E-state index contributed by atoms with van der Waals surface area (Å²) in [4.78, 5) is 0. The minimum atomic E-state index is 0.319. The number of hydrogen-bond donors (Lipinski definition) is 1. The number of ether oxygens (including phenoxy) is 1. The number of rotatable bonds is 2. The molecule has 1 N–H and O–H groups in total. The van der Waals surface area contributed by atoms with Gasteiger partial charge in [0.25, 0.3) is 0 Å². The molecule has 0 atom stereocenters. The molecule has 0 saturated carbocycles. The number of nitrogens with zero attached hydrogens (tertiary/aromatic N) is 1. The number of fused-ring (bicyclic) bond motifs is 1. The molecular weight excluding hydrogens is 176 g/mol. The van der Waals surface area contributed by atoms with Gasteiger partial charge in [0.1, 0.15) is 12.3 Å². The Bertz CT molecular complexity index is 368. The lowest BCUT2D eigenvalue weighted by Crippen LogP contribution is -2.11. The Hall–Kier alpha value is -1.69. The van der Waals surface area contributed by atoms with Gasteiger partial charge in [-0.15, -0.1) is 0 Å². The molecule has 0 spiro atoms. The predicted octanol–water partition coefficient (Wildman–Crippen LogP) is 1.95. The van der Waals surface area contributed by atoms with Crippen LogP contribution in [0.2, 0.25) is 0 Å². The highest BCUT2D eigenvalue weighted by atomic mass is 16.5. The van der Waals surface area contributed by atoms with Gasteiger partial charge < -0.3 is 10.1 Å². The lowest BCUT2D eigenvalue weighted by Gasteiger charge is -2.20. The van der Waals surface area contributed by atoms with Crippen molar-refractivity contribution in [1.82, 2.24) is 0 Å². The number of hydrogen-bond acceptors (Lipinski definition) is 3. The Morgan fingerprint density at radius 1 is 1.50 bits per heavy atom. The van der Waals surface area contributed by atoms with E-state index in [1.807, 2.05) is 12.1 Å². The second kappa shape index (κ2) is 4.01. The molecule has 2 rings (SSSR count). The zero-order chi connectivity index (χ0) is 9.80. The zero-order valence-electron chi connectivity index (χ0n) is 7.92. The van der Waals surface area contributed by atoms with Crippen molar-refractivity contribution in [2.75, 3.05) is 18.5 Å². The fourth-order valence-electron chi connectivity index (χ4n) is 1.66. The Morgan fingerprint density at radius 2 is 2.43 bits per heavy atom. The van der Waals surface area contributed by atoms with Crippen LogP contribution in [0.5, 0.6) is 5.75 Å². The van der Waals surface area contributed by atoms with Crippen LogP contribution in [0.4, 0.5) is 5.69 Å². The highest BCUT2D eigenvalue weighted by molar-refractivity contribution is 5.61. The van der Waals surface area contributed by atoms with Gasteiger partial charge >= 0.3 is 0 Å². The minimum absolute atomic E-state index is 0.319. The largest absolute Gasteiger partial charge is 0.491 e. The molecule has 1 heterocycles. The first-order valence-corrected chi connectivity index (χ1v) is 4.77. The van der Waals surface area contributed by atoms with Gasteiger partial charge in [-0.3, -0.25) is 0 Å². The summed E-state index contributed by atoms with van der Waals surface area (Å²) in [5.41, 5.74) is 2.17. The van der Waals surface area contributed by atoms with E-state index < -0.39 is 0 Å². The standard InChI is InChI=1S/C11H12N2O/c12-6-7-13-10-5-1-3-9-4-2-8-14-11(9)10/h1,3,5,13H,2,4,7-8H2. The first-order chi connectivity index (χ1) is 6.92. The molecule has 1 aromatic rings. The highest BCUT2D eigenvalue weighted by Crippen LogP contribution is 2.32. The van der Waals surface area contributed by atoms with E-state index in [1.165, 1.54) is 5.56 Å². The Kier molecular flexibility index (Phi) is 2.55. The molecule has 0 bridgehead atoms. The molecular formula is C11H12N2O. The summed E-state index contributed by atoms with van der Waals surface area (Å²) in [7, 11) is 0. The molecule has 0 unspecified atom stereocenters. The molecule has 0 aliphatic carbocycles. The summed E-state index contributed by atoms with van der Waals surface area (Å²) in [5, 5.41) is 11.5. The van der Waals surface area contributed by atoms with Crippen molar-refractivity contribution >= 4 is 5.69 Å². The van der Waals surface area contributed by atoms with Crippen LogP contribution in [-0.2, 0) is 6.42 Å². The number of para-hydroxylation sites is 1. The van der Waals surface area contributed by atoms with E-state index in [9.17, 15) is 0 Å². The number of nitriles is 1. The second-order valence-corrected chi connectivity index (χ2v) is 3.26. The highest BCUT2D eigenvalue weighted by Gasteiger charge is 2.13. The molecule has 0 saturated heterocycles. The summed E-state index contributed by atoms with van der Waals surface area (Å²) in [5.74, 6) is 0.925. The van der Waals surface area contributed by atoms with E-state index in [0.717, 1.165) is 30.9 Å². The normalized spacial score (nSPS) is 13.6. The van der Waals surface area contributed by atoms with Gasteiger partial charge in [-0.25, -0.2) is 0 Å².